The van der Waals surface area contributed by atoms with Crippen LogP contribution in [0.25, 0.3) is 0 Å². The summed E-state index contributed by atoms with van der Waals surface area (Å²) in [5, 5.41) is 3.35. The van der Waals surface area contributed by atoms with Crippen molar-refractivity contribution in [1.29, 1.82) is 0 Å². The Hall–Kier alpha value is -1.13. The molecular formula is C13H18N2O2. The molecule has 4 nitrogen and oxygen atoms in total. The largest absolute Gasteiger partial charge is 0.368 e. The van der Waals surface area contributed by atoms with Gasteiger partial charge in [-0.15, -0.1) is 0 Å². The summed E-state index contributed by atoms with van der Waals surface area (Å²) >= 11 is 0. The summed E-state index contributed by atoms with van der Waals surface area (Å²) in [4.78, 5) is 11.7. The second-order valence-corrected chi connectivity index (χ2v) is 5.03. The number of rotatable bonds is 2. The SMILES string of the molecule is C[C@@H]1CNC[C@H](c2ccc(=O)n(C3CC3)c2)O1. The van der Waals surface area contributed by atoms with Gasteiger partial charge < -0.3 is 14.6 Å². The lowest BCUT2D eigenvalue weighted by Gasteiger charge is -2.29. The van der Waals surface area contributed by atoms with Crippen molar-refractivity contribution in [1.82, 2.24) is 9.88 Å². The lowest BCUT2D eigenvalue weighted by atomic mass is 10.1. The van der Waals surface area contributed by atoms with E-state index in [1.807, 2.05) is 16.8 Å². The van der Waals surface area contributed by atoms with Gasteiger partial charge in [-0.05, 0) is 31.4 Å². The maximum absolute atomic E-state index is 11.7. The summed E-state index contributed by atoms with van der Waals surface area (Å²) in [6, 6.07) is 3.98. The van der Waals surface area contributed by atoms with Crippen LogP contribution in [0.15, 0.2) is 23.1 Å². The number of ether oxygens (including phenoxy) is 1. The molecule has 1 aliphatic heterocycles. The molecule has 17 heavy (non-hydrogen) atoms. The zero-order valence-corrected chi connectivity index (χ0v) is 10.1. The molecule has 92 valence electrons. The molecule has 3 rings (SSSR count). The highest BCUT2D eigenvalue weighted by molar-refractivity contribution is 5.16. The molecule has 2 heterocycles. The first-order valence-corrected chi connectivity index (χ1v) is 6.32. The monoisotopic (exact) mass is 234 g/mol. The molecule has 0 bridgehead atoms. The van der Waals surface area contributed by atoms with Gasteiger partial charge in [0.15, 0.2) is 0 Å². The molecule has 1 aromatic rings. The van der Waals surface area contributed by atoms with E-state index in [-0.39, 0.29) is 17.8 Å². The smallest absolute Gasteiger partial charge is 0.250 e. The Morgan fingerprint density at radius 2 is 2.18 bits per heavy atom. The van der Waals surface area contributed by atoms with E-state index in [4.69, 9.17) is 4.74 Å². The van der Waals surface area contributed by atoms with Gasteiger partial charge in [-0.1, -0.05) is 0 Å². The van der Waals surface area contributed by atoms with Crippen molar-refractivity contribution in [2.24, 2.45) is 0 Å². The summed E-state index contributed by atoms with van der Waals surface area (Å²) in [7, 11) is 0. The van der Waals surface area contributed by atoms with Crippen LogP contribution in [0.2, 0.25) is 0 Å². The van der Waals surface area contributed by atoms with Crippen molar-refractivity contribution in [3.8, 4) is 0 Å². The van der Waals surface area contributed by atoms with Crippen molar-refractivity contribution in [2.45, 2.75) is 38.0 Å². The molecule has 2 fully saturated rings. The van der Waals surface area contributed by atoms with Crippen molar-refractivity contribution in [2.75, 3.05) is 13.1 Å². The van der Waals surface area contributed by atoms with Crippen molar-refractivity contribution in [3.63, 3.8) is 0 Å². The van der Waals surface area contributed by atoms with E-state index in [2.05, 4.69) is 12.2 Å². The number of nitrogens with zero attached hydrogens (tertiary/aromatic N) is 1. The summed E-state index contributed by atoms with van der Waals surface area (Å²) in [6.45, 7) is 3.79. The lowest BCUT2D eigenvalue weighted by molar-refractivity contribution is -0.0290. The quantitative estimate of drug-likeness (QED) is 0.837. The van der Waals surface area contributed by atoms with Crippen LogP contribution in [0, 0.1) is 0 Å². The van der Waals surface area contributed by atoms with E-state index < -0.39 is 0 Å². The fourth-order valence-electron chi connectivity index (χ4n) is 2.34. The first kappa shape index (κ1) is 11.0. The maximum atomic E-state index is 11.7. The number of pyridine rings is 1. The minimum atomic E-state index is 0.0735. The summed E-state index contributed by atoms with van der Waals surface area (Å²) in [5.41, 5.74) is 1.21. The Kier molecular flexibility index (Phi) is 2.76. The summed E-state index contributed by atoms with van der Waals surface area (Å²) in [5.74, 6) is 0. The Bertz CT molecular complexity index is 465. The molecule has 1 N–H and O–H groups in total. The predicted octanol–water partition coefficient (Wildman–Crippen LogP) is 1.23. The third-order valence-corrected chi connectivity index (χ3v) is 3.43. The van der Waals surface area contributed by atoms with Crippen LogP contribution < -0.4 is 10.9 Å². The van der Waals surface area contributed by atoms with E-state index in [0.717, 1.165) is 31.5 Å². The van der Waals surface area contributed by atoms with Crippen LogP contribution in [0.4, 0.5) is 0 Å². The first-order chi connectivity index (χ1) is 8.24. The van der Waals surface area contributed by atoms with Gasteiger partial charge in [0, 0.05) is 31.4 Å². The maximum Gasteiger partial charge on any atom is 0.250 e. The molecule has 1 saturated carbocycles. The Balaban J connectivity index is 1.87. The molecule has 2 atom stereocenters. The van der Waals surface area contributed by atoms with Crippen LogP contribution in [-0.4, -0.2) is 23.8 Å². The number of aromatic nitrogens is 1. The zero-order chi connectivity index (χ0) is 11.8. The molecule has 1 aliphatic carbocycles. The summed E-state index contributed by atoms with van der Waals surface area (Å²) in [6.07, 6.45) is 4.54. The second-order valence-electron chi connectivity index (χ2n) is 5.03. The van der Waals surface area contributed by atoms with E-state index in [9.17, 15) is 4.79 Å². The van der Waals surface area contributed by atoms with Crippen molar-refractivity contribution < 1.29 is 4.74 Å². The van der Waals surface area contributed by atoms with Gasteiger partial charge in [-0.25, -0.2) is 0 Å². The minimum Gasteiger partial charge on any atom is -0.368 e. The van der Waals surface area contributed by atoms with Crippen LogP contribution in [-0.2, 0) is 4.74 Å². The normalized spacial score (nSPS) is 29.2. The molecule has 0 amide bonds. The van der Waals surface area contributed by atoms with Gasteiger partial charge in [-0.3, -0.25) is 4.79 Å². The highest BCUT2D eigenvalue weighted by atomic mass is 16.5. The minimum absolute atomic E-state index is 0.0735. The lowest BCUT2D eigenvalue weighted by Crippen LogP contribution is -2.39. The standard InChI is InChI=1S/C13H18N2O2/c1-9-6-14-7-12(17-9)10-2-5-13(16)15(8-10)11-3-4-11/h2,5,8-9,11-12,14H,3-4,6-7H2,1H3/t9-,12-/m1/s1. The van der Waals surface area contributed by atoms with Crippen LogP contribution in [0.3, 0.4) is 0 Å². The summed E-state index contributed by atoms with van der Waals surface area (Å²) < 4.78 is 7.75. The average Bonchev–Trinajstić information content (AvgIpc) is 3.14. The average molecular weight is 234 g/mol. The third kappa shape index (κ3) is 2.28. The first-order valence-electron chi connectivity index (χ1n) is 6.32. The van der Waals surface area contributed by atoms with E-state index in [0.29, 0.717) is 6.04 Å². The predicted molar refractivity (Wildman–Crippen MR) is 65.1 cm³/mol. The van der Waals surface area contributed by atoms with Gasteiger partial charge in [0.05, 0.1) is 12.2 Å². The fourth-order valence-corrected chi connectivity index (χ4v) is 2.34. The Morgan fingerprint density at radius 1 is 1.35 bits per heavy atom. The molecule has 0 aromatic carbocycles. The number of hydrogen-bond acceptors (Lipinski definition) is 3. The number of nitrogens with one attached hydrogen (secondary N) is 1. The fraction of sp³-hybridized carbons (Fsp3) is 0.615. The van der Waals surface area contributed by atoms with Crippen LogP contribution >= 0.6 is 0 Å². The molecule has 4 heteroatoms. The highest BCUT2D eigenvalue weighted by Crippen LogP contribution is 2.34. The zero-order valence-electron chi connectivity index (χ0n) is 10.1. The number of hydrogen-bond donors (Lipinski definition) is 1. The van der Waals surface area contributed by atoms with Gasteiger partial charge in [0.1, 0.15) is 0 Å². The Labute approximate surface area is 101 Å². The van der Waals surface area contributed by atoms with Crippen molar-refractivity contribution in [3.05, 3.63) is 34.2 Å². The Morgan fingerprint density at radius 3 is 2.88 bits per heavy atom. The molecule has 1 saturated heterocycles. The van der Waals surface area contributed by atoms with Gasteiger partial charge in [0.25, 0.3) is 5.56 Å². The molecule has 2 aliphatic rings. The van der Waals surface area contributed by atoms with Gasteiger partial charge >= 0.3 is 0 Å². The van der Waals surface area contributed by atoms with Crippen LogP contribution in [0.1, 0.15) is 37.5 Å². The van der Waals surface area contributed by atoms with E-state index in [1.165, 1.54) is 0 Å². The molecular weight excluding hydrogens is 216 g/mol. The molecule has 1 aromatic heterocycles. The molecule has 0 unspecified atom stereocenters. The topological polar surface area (TPSA) is 43.3 Å². The highest BCUT2D eigenvalue weighted by Gasteiger charge is 2.26. The molecule has 0 spiro atoms. The van der Waals surface area contributed by atoms with Gasteiger partial charge in [0.2, 0.25) is 0 Å². The number of morpholine rings is 1. The van der Waals surface area contributed by atoms with Gasteiger partial charge in [-0.2, -0.15) is 0 Å². The van der Waals surface area contributed by atoms with E-state index in [1.54, 1.807) is 6.07 Å². The molecule has 0 radical (unpaired) electrons. The van der Waals surface area contributed by atoms with Crippen molar-refractivity contribution >= 4 is 0 Å². The third-order valence-electron chi connectivity index (χ3n) is 3.43. The second kappa shape index (κ2) is 4.27. The van der Waals surface area contributed by atoms with Crippen LogP contribution in [0.5, 0.6) is 0 Å². The van der Waals surface area contributed by atoms with E-state index >= 15 is 0 Å².